The van der Waals surface area contributed by atoms with Crippen molar-refractivity contribution in [3.05, 3.63) is 59.4 Å². The number of thiocarbonyl (C=S) groups is 1. The summed E-state index contributed by atoms with van der Waals surface area (Å²) in [4.78, 5) is 14.4. The monoisotopic (exact) mass is 345 g/mol. The summed E-state index contributed by atoms with van der Waals surface area (Å²) in [5.74, 6) is 1.35. The molecule has 1 saturated heterocycles. The van der Waals surface area contributed by atoms with E-state index in [4.69, 9.17) is 16.6 Å². The summed E-state index contributed by atoms with van der Waals surface area (Å²) in [6.07, 6.45) is 10.4. The average Bonchev–Trinajstić information content (AvgIpc) is 3.09. The van der Waals surface area contributed by atoms with Gasteiger partial charge in [0, 0.05) is 18.2 Å². The largest absolute Gasteiger partial charge is 0.457 e. The molecule has 1 aromatic rings. The van der Waals surface area contributed by atoms with Gasteiger partial charge in [0.1, 0.15) is 15.8 Å². The Bertz CT molecular complexity index is 710. The van der Waals surface area contributed by atoms with Crippen LogP contribution in [0.25, 0.3) is 11.6 Å². The van der Waals surface area contributed by atoms with Crippen molar-refractivity contribution in [1.29, 1.82) is 0 Å². The number of furan rings is 1. The van der Waals surface area contributed by atoms with Crippen LogP contribution in [-0.4, -0.2) is 21.7 Å². The van der Waals surface area contributed by atoms with Gasteiger partial charge in [-0.25, -0.2) is 0 Å². The summed E-state index contributed by atoms with van der Waals surface area (Å²) in [6.45, 7) is 8.18. The molecule has 0 aromatic carbocycles. The smallest absolute Gasteiger partial charge is 0.266 e. The fourth-order valence-electron chi connectivity index (χ4n) is 2.13. The Morgan fingerprint density at radius 1 is 1.48 bits per heavy atom. The number of carbonyl (C=O) groups is 1. The lowest BCUT2D eigenvalue weighted by Gasteiger charge is -2.09. The van der Waals surface area contributed by atoms with E-state index < -0.39 is 0 Å². The molecule has 23 heavy (non-hydrogen) atoms. The summed E-state index contributed by atoms with van der Waals surface area (Å²) in [7, 11) is 0. The molecular formula is C18H19NO2S2. The summed E-state index contributed by atoms with van der Waals surface area (Å²) in [5, 5.41) is 0. The van der Waals surface area contributed by atoms with E-state index in [0.717, 1.165) is 17.8 Å². The second-order valence-electron chi connectivity index (χ2n) is 4.81. The van der Waals surface area contributed by atoms with Crippen LogP contribution in [0, 0.1) is 0 Å². The van der Waals surface area contributed by atoms with Crippen LogP contribution in [0.15, 0.2) is 52.3 Å². The van der Waals surface area contributed by atoms with Crippen LogP contribution in [0.3, 0.4) is 0 Å². The lowest BCUT2D eigenvalue weighted by Crippen LogP contribution is -2.27. The number of thioether (sulfide) groups is 1. The molecule has 1 aliphatic heterocycles. The van der Waals surface area contributed by atoms with E-state index in [9.17, 15) is 4.79 Å². The molecule has 0 atom stereocenters. The van der Waals surface area contributed by atoms with Crippen LogP contribution < -0.4 is 0 Å². The number of allylic oxidation sites excluding steroid dienone is 5. The topological polar surface area (TPSA) is 33.5 Å². The Labute approximate surface area is 146 Å². The molecule has 5 heteroatoms. The zero-order valence-electron chi connectivity index (χ0n) is 13.2. The minimum atomic E-state index is -0.0590. The predicted molar refractivity (Wildman–Crippen MR) is 102 cm³/mol. The van der Waals surface area contributed by atoms with Gasteiger partial charge in [0.2, 0.25) is 0 Å². The highest BCUT2D eigenvalue weighted by molar-refractivity contribution is 8.26. The zero-order valence-corrected chi connectivity index (χ0v) is 14.9. The average molecular weight is 345 g/mol. The van der Waals surface area contributed by atoms with Gasteiger partial charge in [-0.2, -0.15) is 0 Å². The SMILES string of the molecule is C=CCC=C(/C=C\C)c1ccc(/C=C2/SC(=S)N(CC)C2=O)o1. The van der Waals surface area contributed by atoms with Crippen molar-refractivity contribution in [3.63, 3.8) is 0 Å². The molecule has 1 fully saturated rings. The molecule has 0 N–H and O–H groups in total. The number of nitrogens with zero attached hydrogens (tertiary/aromatic N) is 1. The highest BCUT2D eigenvalue weighted by atomic mass is 32.2. The number of likely N-dealkylation sites (N-methyl/N-ethyl adjacent to an activating group) is 1. The summed E-state index contributed by atoms with van der Waals surface area (Å²) in [5.41, 5.74) is 0.994. The maximum absolute atomic E-state index is 12.2. The van der Waals surface area contributed by atoms with Crippen molar-refractivity contribution >= 4 is 45.9 Å². The van der Waals surface area contributed by atoms with E-state index in [1.165, 1.54) is 11.8 Å². The molecule has 2 heterocycles. The van der Waals surface area contributed by atoms with Gasteiger partial charge in [-0.15, -0.1) is 6.58 Å². The van der Waals surface area contributed by atoms with Gasteiger partial charge in [-0.1, -0.05) is 48.3 Å². The molecular weight excluding hydrogens is 326 g/mol. The summed E-state index contributed by atoms with van der Waals surface area (Å²) < 4.78 is 6.45. The van der Waals surface area contributed by atoms with Crippen LogP contribution in [0.1, 0.15) is 31.8 Å². The Morgan fingerprint density at radius 2 is 2.26 bits per heavy atom. The van der Waals surface area contributed by atoms with E-state index in [0.29, 0.717) is 21.5 Å². The molecule has 120 valence electrons. The van der Waals surface area contributed by atoms with Gasteiger partial charge >= 0.3 is 0 Å². The van der Waals surface area contributed by atoms with Crippen molar-refractivity contribution in [2.45, 2.75) is 20.3 Å². The van der Waals surface area contributed by atoms with Gasteiger partial charge in [0.15, 0.2) is 0 Å². The third kappa shape index (κ3) is 4.12. The second-order valence-corrected chi connectivity index (χ2v) is 6.49. The fourth-order valence-corrected chi connectivity index (χ4v) is 3.49. The first kappa shape index (κ1) is 17.5. The maximum atomic E-state index is 12.2. The van der Waals surface area contributed by atoms with Crippen molar-refractivity contribution < 1.29 is 9.21 Å². The third-order valence-corrected chi connectivity index (χ3v) is 4.60. The highest BCUT2D eigenvalue weighted by Gasteiger charge is 2.30. The Balaban J connectivity index is 2.26. The van der Waals surface area contributed by atoms with Crippen molar-refractivity contribution in [1.82, 2.24) is 4.90 Å². The van der Waals surface area contributed by atoms with Gasteiger partial charge < -0.3 is 4.42 Å². The standard InChI is InChI=1S/C18H19NO2S2/c1-4-7-9-13(8-5-2)15-11-10-14(21-15)12-16-17(20)19(6-3)18(22)23-16/h4-5,8-12H,1,6-7H2,2-3H3/b8-5-,13-9?,16-12+. The van der Waals surface area contributed by atoms with Gasteiger partial charge in [0.25, 0.3) is 5.91 Å². The fraction of sp³-hybridized carbons (Fsp3) is 0.222. The number of rotatable bonds is 6. The molecule has 1 aromatic heterocycles. The third-order valence-electron chi connectivity index (χ3n) is 3.23. The molecule has 3 nitrogen and oxygen atoms in total. The molecule has 1 amide bonds. The van der Waals surface area contributed by atoms with E-state index in [1.54, 1.807) is 11.0 Å². The number of hydrogen-bond donors (Lipinski definition) is 0. The lowest BCUT2D eigenvalue weighted by molar-refractivity contribution is -0.121. The Kier molecular flexibility index (Phi) is 6.19. The van der Waals surface area contributed by atoms with E-state index in [1.807, 2.05) is 50.3 Å². The summed E-state index contributed by atoms with van der Waals surface area (Å²) >= 11 is 6.52. The van der Waals surface area contributed by atoms with Gasteiger partial charge in [-0.05, 0) is 32.4 Å². The first-order valence-electron chi connectivity index (χ1n) is 7.40. The minimum Gasteiger partial charge on any atom is -0.457 e. The predicted octanol–water partition coefficient (Wildman–Crippen LogP) is 5.04. The van der Waals surface area contributed by atoms with Crippen molar-refractivity contribution in [2.75, 3.05) is 6.54 Å². The first-order valence-corrected chi connectivity index (χ1v) is 8.62. The van der Waals surface area contributed by atoms with E-state index >= 15 is 0 Å². The molecule has 0 saturated carbocycles. The molecule has 0 unspecified atom stereocenters. The minimum absolute atomic E-state index is 0.0590. The quantitative estimate of drug-likeness (QED) is 0.313. The molecule has 1 aliphatic rings. The first-order chi connectivity index (χ1) is 11.1. The zero-order chi connectivity index (χ0) is 16.8. The molecule has 0 bridgehead atoms. The number of hydrogen-bond acceptors (Lipinski definition) is 4. The lowest BCUT2D eigenvalue weighted by atomic mass is 10.1. The van der Waals surface area contributed by atoms with E-state index in [2.05, 4.69) is 6.58 Å². The van der Waals surface area contributed by atoms with Crippen molar-refractivity contribution in [2.24, 2.45) is 0 Å². The van der Waals surface area contributed by atoms with Crippen LogP contribution in [0.5, 0.6) is 0 Å². The van der Waals surface area contributed by atoms with Crippen LogP contribution in [0.2, 0.25) is 0 Å². The second kappa shape index (κ2) is 8.13. The van der Waals surface area contributed by atoms with Crippen LogP contribution in [-0.2, 0) is 4.79 Å². The highest BCUT2D eigenvalue weighted by Crippen LogP contribution is 2.33. The summed E-state index contributed by atoms with van der Waals surface area (Å²) in [6, 6.07) is 3.76. The Morgan fingerprint density at radius 3 is 2.87 bits per heavy atom. The normalized spacial score (nSPS) is 17.7. The number of carbonyl (C=O) groups excluding carboxylic acids is 1. The van der Waals surface area contributed by atoms with Gasteiger partial charge in [0.05, 0.1) is 4.91 Å². The number of amides is 1. The molecule has 0 radical (unpaired) electrons. The molecule has 2 rings (SSSR count). The molecule has 0 spiro atoms. The van der Waals surface area contributed by atoms with E-state index in [-0.39, 0.29) is 5.91 Å². The Hall–Kier alpha value is -1.85. The maximum Gasteiger partial charge on any atom is 0.266 e. The van der Waals surface area contributed by atoms with Gasteiger partial charge in [-0.3, -0.25) is 9.69 Å². The molecule has 0 aliphatic carbocycles. The van der Waals surface area contributed by atoms with Crippen LogP contribution >= 0.6 is 24.0 Å². The van der Waals surface area contributed by atoms with Crippen LogP contribution in [0.4, 0.5) is 0 Å². The van der Waals surface area contributed by atoms with Crippen molar-refractivity contribution in [3.8, 4) is 0 Å².